The van der Waals surface area contributed by atoms with Crippen LogP contribution in [0, 0.1) is 13.8 Å². The van der Waals surface area contributed by atoms with E-state index >= 15 is 0 Å². The number of methoxy groups -OCH3 is 1. The van der Waals surface area contributed by atoms with Gasteiger partial charge in [-0.2, -0.15) is 0 Å². The highest BCUT2D eigenvalue weighted by molar-refractivity contribution is 7.12. The van der Waals surface area contributed by atoms with Crippen molar-refractivity contribution in [2.45, 2.75) is 33.2 Å². The first-order valence-electron chi connectivity index (χ1n) is 7.01. The maximum absolute atomic E-state index is 5.40. The van der Waals surface area contributed by atoms with Gasteiger partial charge in [0, 0.05) is 9.75 Å². The zero-order valence-electron chi connectivity index (χ0n) is 12.9. The highest BCUT2D eigenvalue weighted by Crippen LogP contribution is 2.33. The molecule has 1 aromatic carbocycles. The lowest BCUT2D eigenvalue weighted by Crippen LogP contribution is -2.17. The van der Waals surface area contributed by atoms with Crippen LogP contribution in [0.25, 0.3) is 0 Å². The Morgan fingerprint density at radius 2 is 1.95 bits per heavy atom. The molecule has 0 spiro atoms. The number of nitrogens with one attached hydrogen (secondary N) is 1. The molecule has 0 saturated carbocycles. The highest BCUT2D eigenvalue weighted by atomic mass is 32.1. The number of aryl methyl sites for hydroxylation is 3. The highest BCUT2D eigenvalue weighted by Gasteiger charge is 2.17. The third kappa shape index (κ3) is 2.89. The number of hydrogen-bond donors (Lipinski definition) is 1. The molecule has 2 aromatic rings. The normalized spacial score (nSPS) is 12.4. The van der Waals surface area contributed by atoms with Crippen LogP contribution in [0.1, 0.15) is 39.4 Å². The predicted molar refractivity (Wildman–Crippen MR) is 87.1 cm³/mol. The van der Waals surface area contributed by atoms with E-state index in [1.807, 2.05) is 18.4 Å². The molecule has 1 N–H and O–H groups in total. The van der Waals surface area contributed by atoms with E-state index in [2.05, 4.69) is 50.4 Å². The number of hydrogen-bond acceptors (Lipinski definition) is 3. The summed E-state index contributed by atoms with van der Waals surface area (Å²) in [7, 11) is 3.75. The van der Waals surface area contributed by atoms with Crippen LogP contribution in [-0.2, 0) is 6.42 Å². The molecule has 0 amide bonds. The lowest BCUT2D eigenvalue weighted by Gasteiger charge is -2.19. The summed E-state index contributed by atoms with van der Waals surface area (Å²) >= 11 is 1.89. The van der Waals surface area contributed by atoms with Gasteiger partial charge in [0.15, 0.2) is 0 Å². The number of thiophene rings is 1. The second-order valence-electron chi connectivity index (χ2n) is 5.06. The van der Waals surface area contributed by atoms with Crippen molar-refractivity contribution >= 4 is 11.3 Å². The minimum absolute atomic E-state index is 0.255. The van der Waals surface area contributed by atoms with Gasteiger partial charge in [-0.05, 0) is 62.2 Å². The summed E-state index contributed by atoms with van der Waals surface area (Å²) in [5, 5.41) is 3.45. The van der Waals surface area contributed by atoms with Gasteiger partial charge in [0.1, 0.15) is 5.75 Å². The van der Waals surface area contributed by atoms with Crippen LogP contribution < -0.4 is 10.1 Å². The Morgan fingerprint density at radius 3 is 2.50 bits per heavy atom. The van der Waals surface area contributed by atoms with Crippen molar-refractivity contribution < 1.29 is 4.74 Å². The van der Waals surface area contributed by atoms with Crippen LogP contribution in [0.2, 0.25) is 0 Å². The van der Waals surface area contributed by atoms with Crippen molar-refractivity contribution in [3.05, 3.63) is 50.7 Å². The first kappa shape index (κ1) is 15.1. The minimum atomic E-state index is 0.255. The van der Waals surface area contributed by atoms with Gasteiger partial charge in [-0.3, -0.25) is 0 Å². The van der Waals surface area contributed by atoms with E-state index in [0.29, 0.717) is 0 Å². The molecule has 1 atom stereocenters. The Balaban J connectivity index is 2.43. The molecule has 3 heteroatoms. The van der Waals surface area contributed by atoms with E-state index in [1.54, 1.807) is 7.11 Å². The van der Waals surface area contributed by atoms with E-state index < -0.39 is 0 Å². The summed E-state index contributed by atoms with van der Waals surface area (Å²) in [6, 6.07) is 9.09. The monoisotopic (exact) mass is 289 g/mol. The Kier molecular flexibility index (Phi) is 4.84. The largest absolute Gasteiger partial charge is 0.496 e. The Labute approximate surface area is 125 Å². The van der Waals surface area contributed by atoms with E-state index in [0.717, 1.165) is 12.2 Å². The van der Waals surface area contributed by atoms with Crippen molar-refractivity contribution in [1.82, 2.24) is 5.32 Å². The zero-order valence-corrected chi connectivity index (χ0v) is 13.7. The van der Waals surface area contributed by atoms with E-state index in [4.69, 9.17) is 4.74 Å². The average molecular weight is 289 g/mol. The lowest BCUT2D eigenvalue weighted by atomic mass is 9.97. The Hall–Kier alpha value is -1.32. The molecule has 108 valence electrons. The molecule has 0 aliphatic carbocycles. The summed E-state index contributed by atoms with van der Waals surface area (Å²) < 4.78 is 5.40. The van der Waals surface area contributed by atoms with Gasteiger partial charge in [0.25, 0.3) is 0 Å². The minimum Gasteiger partial charge on any atom is -0.496 e. The first-order valence-corrected chi connectivity index (χ1v) is 7.83. The van der Waals surface area contributed by atoms with Crippen molar-refractivity contribution in [2.24, 2.45) is 0 Å². The summed E-state index contributed by atoms with van der Waals surface area (Å²) in [6.45, 7) is 6.45. The lowest BCUT2D eigenvalue weighted by molar-refractivity contribution is 0.411. The molecule has 1 heterocycles. The van der Waals surface area contributed by atoms with Gasteiger partial charge in [0.05, 0.1) is 13.2 Å². The fourth-order valence-corrected chi connectivity index (χ4v) is 3.62. The number of benzene rings is 1. The molecule has 20 heavy (non-hydrogen) atoms. The quantitative estimate of drug-likeness (QED) is 0.888. The first-order chi connectivity index (χ1) is 9.60. The maximum atomic E-state index is 5.40. The molecule has 0 aliphatic heterocycles. The Morgan fingerprint density at radius 1 is 1.20 bits per heavy atom. The summed E-state index contributed by atoms with van der Waals surface area (Å²) in [6.07, 6.45) is 1.10. The second kappa shape index (κ2) is 6.42. The van der Waals surface area contributed by atoms with E-state index in [1.165, 1.54) is 26.4 Å². The van der Waals surface area contributed by atoms with Crippen LogP contribution in [-0.4, -0.2) is 14.2 Å². The fraction of sp³-hybridized carbons (Fsp3) is 0.412. The van der Waals surface area contributed by atoms with E-state index in [9.17, 15) is 0 Å². The van der Waals surface area contributed by atoms with Crippen LogP contribution in [0.15, 0.2) is 24.3 Å². The van der Waals surface area contributed by atoms with Gasteiger partial charge in [-0.15, -0.1) is 11.3 Å². The zero-order chi connectivity index (χ0) is 14.7. The molecule has 0 radical (unpaired) electrons. The molecule has 1 unspecified atom stereocenters. The van der Waals surface area contributed by atoms with Crippen LogP contribution in [0.3, 0.4) is 0 Å². The standard InChI is InChI=1S/C17H23NOS/c1-6-13-7-8-16(20-13)17(18-4)14-9-12(3)15(19-5)10-11(14)2/h7-10,17-18H,6H2,1-5H3. The van der Waals surface area contributed by atoms with Gasteiger partial charge >= 0.3 is 0 Å². The van der Waals surface area contributed by atoms with Crippen LogP contribution >= 0.6 is 11.3 Å². The van der Waals surface area contributed by atoms with Crippen molar-refractivity contribution in [1.29, 1.82) is 0 Å². The molecular formula is C17H23NOS. The topological polar surface area (TPSA) is 21.3 Å². The third-order valence-electron chi connectivity index (χ3n) is 3.70. The number of ether oxygens (including phenoxy) is 1. The Bertz CT molecular complexity index is 589. The van der Waals surface area contributed by atoms with Gasteiger partial charge < -0.3 is 10.1 Å². The van der Waals surface area contributed by atoms with Crippen LogP contribution in [0.4, 0.5) is 0 Å². The smallest absolute Gasteiger partial charge is 0.122 e. The van der Waals surface area contributed by atoms with Crippen molar-refractivity contribution in [2.75, 3.05) is 14.2 Å². The summed E-state index contributed by atoms with van der Waals surface area (Å²) in [5.74, 6) is 0.960. The van der Waals surface area contributed by atoms with Crippen LogP contribution in [0.5, 0.6) is 5.75 Å². The van der Waals surface area contributed by atoms with Crippen molar-refractivity contribution in [3.63, 3.8) is 0 Å². The van der Waals surface area contributed by atoms with Crippen molar-refractivity contribution in [3.8, 4) is 5.75 Å². The summed E-state index contributed by atoms with van der Waals surface area (Å²) in [4.78, 5) is 2.81. The molecule has 2 nitrogen and oxygen atoms in total. The fourth-order valence-electron chi connectivity index (χ4n) is 2.53. The predicted octanol–water partition coefficient (Wildman–Crippen LogP) is 4.24. The molecule has 0 saturated heterocycles. The third-order valence-corrected chi connectivity index (χ3v) is 4.99. The molecule has 0 fully saturated rings. The maximum Gasteiger partial charge on any atom is 0.122 e. The summed E-state index contributed by atoms with van der Waals surface area (Å²) in [5.41, 5.74) is 3.77. The molecule has 2 rings (SSSR count). The molecular weight excluding hydrogens is 266 g/mol. The van der Waals surface area contributed by atoms with E-state index in [-0.39, 0.29) is 6.04 Å². The molecule has 1 aromatic heterocycles. The van der Waals surface area contributed by atoms with Gasteiger partial charge in [0.2, 0.25) is 0 Å². The molecule has 0 aliphatic rings. The SMILES string of the molecule is CCc1ccc(C(NC)c2cc(C)c(OC)cc2C)s1. The second-order valence-corrected chi connectivity index (χ2v) is 6.26. The molecule has 0 bridgehead atoms. The van der Waals surface area contributed by atoms with Gasteiger partial charge in [-0.1, -0.05) is 13.0 Å². The number of rotatable bonds is 5. The van der Waals surface area contributed by atoms with Gasteiger partial charge in [-0.25, -0.2) is 0 Å². The average Bonchev–Trinajstić information content (AvgIpc) is 2.91.